The molecule has 0 spiro atoms. The van der Waals surface area contributed by atoms with Crippen LogP contribution in [0.4, 0.5) is 5.69 Å². The zero-order chi connectivity index (χ0) is 26.4. The molecule has 6 rings (SSSR count). The number of hydrazone groups is 1. The minimum atomic E-state index is 0.364. The molecule has 2 aromatic heterocycles. The highest BCUT2D eigenvalue weighted by Gasteiger charge is 2.20. The van der Waals surface area contributed by atoms with Gasteiger partial charge in [0, 0.05) is 30.4 Å². The van der Waals surface area contributed by atoms with Crippen LogP contribution in [0, 0.1) is 5.41 Å². The molecule has 2 N–H and O–H groups in total. The largest absolute Gasteiger partial charge is 0.298 e. The van der Waals surface area contributed by atoms with E-state index < -0.39 is 0 Å². The molecule has 0 saturated heterocycles. The lowest BCUT2D eigenvalue weighted by Crippen LogP contribution is -2.18. The first-order chi connectivity index (χ1) is 19.2. The van der Waals surface area contributed by atoms with Gasteiger partial charge < -0.3 is 0 Å². The third-order valence-electron chi connectivity index (χ3n) is 6.60. The van der Waals surface area contributed by atoms with Gasteiger partial charge in [-0.2, -0.15) is 5.10 Å². The molecule has 1 aliphatic rings. The molecule has 5 aromatic rings. The summed E-state index contributed by atoms with van der Waals surface area (Å²) in [5.74, 6) is 0. The summed E-state index contributed by atoms with van der Waals surface area (Å²) in [5, 5.41) is 13.6. The van der Waals surface area contributed by atoms with Crippen molar-refractivity contribution in [2.75, 3.05) is 5.43 Å². The van der Waals surface area contributed by atoms with E-state index in [1.165, 1.54) is 0 Å². The van der Waals surface area contributed by atoms with Crippen molar-refractivity contribution in [3.63, 3.8) is 0 Å². The van der Waals surface area contributed by atoms with Gasteiger partial charge in [-0.3, -0.25) is 20.8 Å². The van der Waals surface area contributed by atoms with Gasteiger partial charge in [-0.05, 0) is 75.4 Å². The van der Waals surface area contributed by atoms with E-state index in [4.69, 9.17) is 5.41 Å². The highest BCUT2D eigenvalue weighted by atomic mass is 15.3. The number of para-hydroxylation sites is 1. The number of allylic oxidation sites excluding steroid dienone is 4. The van der Waals surface area contributed by atoms with Crippen LogP contribution in [0.2, 0.25) is 0 Å². The Balaban J connectivity index is 1.37. The molecule has 1 aliphatic carbocycles. The number of aromatic nitrogens is 2. The van der Waals surface area contributed by atoms with Gasteiger partial charge >= 0.3 is 0 Å². The second-order valence-corrected chi connectivity index (χ2v) is 9.15. The van der Waals surface area contributed by atoms with Gasteiger partial charge in [0.2, 0.25) is 0 Å². The van der Waals surface area contributed by atoms with Gasteiger partial charge in [0.15, 0.2) is 0 Å². The quantitative estimate of drug-likeness (QED) is 0.184. The zero-order valence-electron chi connectivity index (χ0n) is 21.1. The Hall–Kier alpha value is -5.42. The average molecular weight is 504 g/mol. The molecule has 0 radical (unpaired) electrons. The number of pyridine rings is 2. The van der Waals surface area contributed by atoms with Crippen LogP contribution < -0.4 is 5.43 Å². The summed E-state index contributed by atoms with van der Waals surface area (Å²) in [6.07, 6.45) is 11.3. The summed E-state index contributed by atoms with van der Waals surface area (Å²) in [4.78, 5) is 8.47. The third-order valence-corrected chi connectivity index (χ3v) is 6.60. The van der Waals surface area contributed by atoms with E-state index in [-0.39, 0.29) is 0 Å². The summed E-state index contributed by atoms with van der Waals surface area (Å²) < 4.78 is 0. The van der Waals surface area contributed by atoms with E-state index in [1.54, 1.807) is 12.4 Å². The van der Waals surface area contributed by atoms with E-state index in [1.807, 2.05) is 67.0 Å². The van der Waals surface area contributed by atoms with Gasteiger partial charge in [0.05, 0.1) is 11.4 Å². The fourth-order valence-corrected chi connectivity index (χ4v) is 4.51. The van der Waals surface area contributed by atoms with Crippen LogP contribution in [-0.4, -0.2) is 21.4 Å². The van der Waals surface area contributed by atoms with E-state index in [2.05, 4.69) is 81.2 Å². The SMILES string of the molecule is N=C1C(c2ccc(-c3cccnc3)cc2)=CC(c2ccc(-c3cccnc3)cc2)=C/C1=N/Nc1ccccc1. The molecule has 39 heavy (non-hydrogen) atoms. The molecule has 0 fully saturated rings. The number of hydrogen-bond donors (Lipinski definition) is 2. The van der Waals surface area contributed by atoms with Crippen molar-refractivity contribution in [3.05, 3.63) is 151 Å². The molecule has 0 unspecified atom stereocenters. The van der Waals surface area contributed by atoms with Crippen molar-refractivity contribution < 1.29 is 0 Å². The Kier molecular flexibility index (Phi) is 6.70. The first-order valence-corrected chi connectivity index (χ1v) is 12.7. The summed E-state index contributed by atoms with van der Waals surface area (Å²) in [6, 6.07) is 34.4. The number of nitrogens with zero attached hydrogens (tertiary/aromatic N) is 3. The van der Waals surface area contributed by atoms with Crippen LogP contribution in [0.1, 0.15) is 11.1 Å². The van der Waals surface area contributed by atoms with Crippen LogP contribution in [-0.2, 0) is 0 Å². The second kappa shape index (κ2) is 10.9. The maximum absolute atomic E-state index is 9.02. The van der Waals surface area contributed by atoms with Gasteiger partial charge in [-0.25, -0.2) is 0 Å². The molecule has 186 valence electrons. The molecule has 5 nitrogen and oxygen atoms in total. The maximum Gasteiger partial charge on any atom is 0.109 e. The lowest BCUT2D eigenvalue weighted by Gasteiger charge is -2.18. The summed E-state index contributed by atoms with van der Waals surface area (Å²) in [7, 11) is 0. The monoisotopic (exact) mass is 503 g/mol. The van der Waals surface area contributed by atoms with Crippen LogP contribution in [0.3, 0.4) is 0 Å². The normalized spacial score (nSPS) is 14.1. The predicted molar refractivity (Wildman–Crippen MR) is 161 cm³/mol. The minimum absolute atomic E-state index is 0.364. The topological polar surface area (TPSA) is 74.0 Å². The molecule has 0 atom stereocenters. The molecule has 5 heteroatoms. The van der Waals surface area contributed by atoms with Crippen molar-refractivity contribution in [1.29, 1.82) is 5.41 Å². The Morgan fingerprint density at radius 1 is 0.538 bits per heavy atom. The Labute approximate surface area is 227 Å². The molecule has 0 aliphatic heterocycles. The Bertz CT molecular complexity index is 1690. The van der Waals surface area contributed by atoms with Gasteiger partial charge in [-0.1, -0.05) is 78.9 Å². The van der Waals surface area contributed by atoms with Gasteiger partial charge in [0.1, 0.15) is 5.71 Å². The van der Waals surface area contributed by atoms with Gasteiger partial charge in [0.25, 0.3) is 0 Å². The van der Waals surface area contributed by atoms with Crippen LogP contribution in [0.15, 0.2) is 145 Å². The molecule has 0 amide bonds. The first-order valence-electron chi connectivity index (χ1n) is 12.7. The molecular weight excluding hydrogens is 478 g/mol. The van der Waals surface area contributed by atoms with E-state index >= 15 is 0 Å². The number of anilines is 1. The maximum atomic E-state index is 9.02. The van der Waals surface area contributed by atoms with Gasteiger partial charge in [-0.15, -0.1) is 0 Å². The Morgan fingerprint density at radius 3 is 1.67 bits per heavy atom. The predicted octanol–water partition coefficient (Wildman–Crippen LogP) is 7.78. The number of hydrogen-bond acceptors (Lipinski definition) is 5. The van der Waals surface area contributed by atoms with Crippen molar-refractivity contribution in [2.24, 2.45) is 5.10 Å². The summed E-state index contributed by atoms with van der Waals surface area (Å²) >= 11 is 0. The van der Waals surface area contributed by atoms with E-state index in [0.29, 0.717) is 11.4 Å². The second-order valence-electron chi connectivity index (χ2n) is 9.15. The highest BCUT2D eigenvalue weighted by Crippen LogP contribution is 2.31. The molecule has 0 bridgehead atoms. The summed E-state index contributed by atoms with van der Waals surface area (Å²) in [5.41, 5.74) is 13.0. The van der Waals surface area contributed by atoms with Crippen LogP contribution in [0.5, 0.6) is 0 Å². The fourth-order valence-electron chi connectivity index (χ4n) is 4.51. The minimum Gasteiger partial charge on any atom is -0.298 e. The molecule has 0 saturated carbocycles. The van der Waals surface area contributed by atoms with Crippen molar-refractivity contribution in [1.82, 2.24) is 9.97 Å². The number of rotatable bonds is 6. The summed E-state index contributed by atoms with van der Waals surface area (Å²) in [6.45, 7) is 0. The van der Waals surface area contributed by atoms with Crippen LogP contribution in [0.25, 0.3) is 33.4 Å². The number of benzene rings is 3. The van der Waals surface area contributed by atoms with Crippen LogP contribution >= 0.6 is 0 Å². The van der Waals surface area contributed by atoms with Crippen molar-refractivity contribution >= 4 is 28.3 Å². The molecule has 2 heterocycles. The lowest BCUT2D eigenvalue weighted by atomic mass is 9.87. The van der Waals surface area contributed by atoms with Crippen molar-refractivity contribution in [2.45, 2.75) is 0 Å². The first kappa shape index (κ1) is 23.9. The van der Waals surface area contributed by atoms with Crippen molar-refractivity contribution in [3.8, 4) is 22.3 Å². The average Bonchev–Trinajstić information content (AvgIpc) is 3.02. The lowest BCUT2D eigenvalue weighted by molar-refractivity contribution is 1.33. The highest BCUT2D eigenvalue weighted by molar-refractivity contribution is 6.62. The Morgan fingerprint density at radius 2 is 1.10 bits per heavy atom. The third kappa shape index (κ3) is 5.33. The van der Waals surface area contributed by atoms with E-state index in [9.17, 15) is 0 Å². The molecular formula is C34H25N5. The standard InChI is InChI=1S/C34H25N5/c35-34-32(27-16-14-25(15-17-27)29-7-5-19-37-23-29)20-30(21-33(34)39-38-31-8-2-1-3-9-31)26-12-10-24(11-13-26)28-6-4-18-36-22-28/h1-23,35,38H/b35-34?,39-33-. The molecule has 3 aromatic carbocycles. The smallest absolute Gasteiger partial charge is 0.109 e. The number of nitrogens with one attached hydrogen (secondary N) is 2. The fraction of sp³-hybridized carbons (Fsp3) is 0. The van der Waals surface area contributed by atoms with E-state index in [0.717, 1.165) is 50.2 Å². The zero-order valence-corrected chi connectivity index (χ0v) is 21.1.